The number of hydrogen-bond donors (Lipinski definition) is 2. The number of carbonyl (C=O) groups is 1. The largest absolute Gasteiger partial charge is 0.352 e. The quantitative estimate of drug-likeness (QED) is 0.701. The Bertz CT molecular complexity index is 336. The lowest BCUT2D eigenvalue weighted by Crippen LogP contribution is -2.22. The summed E-state index contributed by atoms with van der Waals surface area (Å²) in [6.45, 7) is 3.49. The van der Waals surface area contributed by atoms with Crippen molar-refractivity contribution < 1.29 is 4.79 Å². The number of carbonyl (C=O) groups excluding carboxylic acids is 1. The standard InChI is InChI=1S/C13H22N2OS/c1-11-9-17-10-12(11)8-15-13(16)6-4-2-3-5-7-14/h9-10H,2-8,14H2,1H3,(H,15,16). The van der Waals surface area contributed by atoms with Crippen LogP contribution in [0.5, 0.6) is 0 Å². The first-order chi connectivity index (χ1) is 8.24. The molecule has 1 heterocycles. The summed E-state index contributed by atoms with van der Waals surface area (Å²) in [6.07, 6.45) is 4.90. The van der Waals surface area contributed by atoms with Crippen LogP contribution in [-0.2, 0) is 11.3 Å². The molecule has 1 aromatic rings. The van der Waals surface area contributed by atoms with E-state index in [1.807, 2.05) is 0 Å². The van der Waals surface area contributed by atoms with Crippen molar-refractivity contribution in [3.05, 3.63) is 21.9 Å². The zero-order valence-electron chi connectivity index (χ0n) is 10.5. The third kappa shape index (κ3) is 5.84. The smallest absolute Gasteiger partial charge is 0.220 e. The number of rotatable bonds is 8. The second kappa shape index (κ2) is 8.25. The molecule has 0 saturated carbocycles. The van der Waals surface area contributed by atoms with Gasteiger partial charge < -0.3 is 11.1 Å². The molecule has 0 radical (unpaired) electrons. The second-order valence-corrected chi connectivity index (χ2v) is 5.05. The van der Waals surface area contributed by atoms with E-state index in [9.17, 15) is 4.79 Å². The number of amides is 1. The van der Waals surface area contributed by atoms with Crippen LogP contribution in [0.2, 0.25) is 0 Å². The summed E-state index contributed by atoms with van der Waals surface area (Å²) in [5.74, 6) is 0.156. The van der Waals surface area contributed by atoms with E-state index in [4.69, 9.17) is 5.73 Å². The molecular formula is C13H22N2OS. The molecule has 0 atom stereocenters. The Morgan fingerprint density at radius 2 is 2.06 bits per heavy atom. The van der Waals surface area contributed by atoms with Crippen molar-refractivity contribution in [2.75, 3.05) is 6.54 Å². The van der Waals surface area contributed by atoms with E-state index in [0.717, 1.165) is 32.2 Å². The van der Waals surface area contributed by atoms with Gasteiger partial charge >= 0.3 is 0 Å². The van der Waals surface area contributed by atoms with Crippen LogP contribution in [0.1, 0.15) is 43.2 Å². The van der Waals surface area contributed by atoms with Crippen LogP contribution in [0.3, 0.4) is 0 Å². The average Bonchev–Trinajstić information content (AvgIpc) is 2.72. The molecule has 0 spiro atoms. The van der Waals surface area contributed by atoms with Gasteiger partial charge in [0.05, 0.1) is 0 Å². The van der Waals surface area contributed by atoms with Crippen molar-refractivity contribution in [1.82, 2.24) is 5.32 Å². The van der Waals surface area contributed by atoms with Crippen LogP contribution in [0.15, 0.2) is 10.8 Å². The van der Waals surface area contributed by atoms with Gasteiger partial charge in [0.1, 0.15) is 0 Å². The van der Waals surface area contributed by atoms with Crippen molar-refractivity contribution >= 4 is 17.2 Å². The Kier molecular flexibility index (Phi) is 6.89. The first-order valence-corrected chi connectivity index (χ1v) is 7.16. The van der Waals surface area contributed by atoms with E-state index in [1.54, 1.807) is 11.3 Å². The normalized spacial score (nSPS) is 10.5. The minimum atomic E-state index is 0.156. The van der Waals surface area contributed by atoms with Crippen molar-refractivity contribution in [3.8, 4) is 0 Å². The highest BCUT2D eigenvalue weighted by Gasteiger charge is 2.03. The van der Waals surface area contributed by atoms with Crippen LogP contribution in [-0.4, -0.2) is 12.5 Å². The molecule has 0 saturated heterocycles. The molecule has 0 aliphatic heterocycles. The molecule has 0 aromatic carbocycles. The number of nitrogens with one attached hydrogen (secondary N) is 1. The van der Waals surface area contributed by atoms with Crippen LogP contribution in [0, 0.1) is 6.92 Å². The Morgan fingerprint density at radius 3 is 2.71 bits per heavy atom. The van der Waals surface area contributed by atoms with Crippen LogP contribution < -0.4 is 11.1 Å². The van der Waals surface area contributed by atoms with E-state index >= 15 is 0 Å². The van der Waals surface area contributed by atoms with Gasteiger partial charge in [0.2, 0.25) is 5.91 Å². The highest BCUT2D eigenvalue weighted by atomic mass is 32.1. The van der Waals surface area contributed by atoms with E-state index in [1.165, 1.54) is 11.1 Å². The summed E-state index contributed by atoms with van der Waals surface area (Å²) < 4.78 is 0. The molecule has 0 bridgehead atoms. The van der Waals surface area contributed by atoms with Gasteiger partial charge in [-0.25, -0.2) is 0 Å². The summed E-state index contributed by atoms with van der Waals surface area (Å²) in [4.78, 5) is 11.5. The fourth-order valence-corrected chi connectivity index (χ4v) is 2.49. The van der Waals surface area contributed by atoms with E-state index < -0.39 is 0 Å². The molecule has 0 fully saturated rings. The van der Waals surface area contributed by atoms with Gasteiger partial charge in [0, 0.05) is 13.0 Å². The van der Waals surface area contributed by atoms with Gasteiger partial charge in [-0.2, -0.15) is 11.3 Å². The molecule has 3 N–H and O–H groups in total. The lowest BCUT2D eigenvalue weighted by Gasteiger charge is -2.04. The Labute approximate surface area is 107 Å². The zero-order chi connectivity index (χ0) is 12.5. The van der Waals surface area contributed by atoms with E-state index in [2.05, 4.69) is 23.0 Å². The van der Waals surface area contributed by atoms with Crippen molar-refractivity contribution in [2.24, 2.45) is 5.73 Å². The minimum Gasteiger partial charge on any atom is -0.352 e. The fourth-order valence-electron chi connectivity index (χ4n) is 1.63. The van der Waals surface area contributed by atoms with Crippen molar-refractivity contribution in [1.29, 1.82) is 0 Å². The molecule has 1 amide bonds. The lowest BCUT2D eigenvalue weighted by atomic mass is 10.1. The average molecular weight is 254 g/mol. The lowest BCUT2D eigenvalue weighted by molar-refractivity contribution is -0.121. The predicted molar refractivity (Wildman–Crippen MR) is 73.0 cm³/mol. The zero-order valence-corrected chi connectivity index (χ0v) is 11.3. The Balaban J connectivity index is 2.07. The molecule has 4 heteroatoms. The first kappa shape index (κ1) is 14.2. The molecule has 1 rings (SSSR count). The van der Waals surface area contributed by atoms with E-state index in [-0.39, 0.29) is 5.91 Å². The minimum absolute atomic E-state index is 0.156. The van der Waals surface area contributed by atoms with Crippen molar-refractivity contribution in [3.63, 3.8) is 0 Å². The second-order valence-electron chi connectivity index (χ2n) is 4.31. The molecular weight excluding hydrogens is 232 g/mol. The maximum atomic E-state index is 11.5. The number of hydrogen-bond acceptors (Lipinski definition) is 3. The molecule has 3 nitrogen and oxygen atoms in total. The number of nitrogens with two attached hydrogens (primary N) is 1. The van der Waals surface area contributed by atoms with Gasteiger partial charge in [0.25, 0.3) is 0 Å². The molecule has 0 unspecified atom stereocenters. The predicted octanol–water partition coefficient (Wildman–Crippen LogP) is 2.58. The first-order valence-electron chi connectivity index (χ1n) is 6.22. The topological polar surface area (TPSA) is 55.1 Å². The highest BCUT2D eigenvalue weighted by Crippen LogP contribution is 2.13. The van der Waals surface area contributed by atoms with Gasteiger partial charge in [-0.3, -0.25) is 4.79 Å². The summed E-state index contributed by atoms with van der Waals surface area (Å²) in [5, 5.41) is 7.16. The number of thiophene rings is 1. The van der Waals surface area contributed by atoms with Crippen LogP contribution in [0.4, 0.5) is 0 Å². The molecule has 0 aliphatic carbocycles. The molecule has 0 aliphatic rings. The third-order valence-electron chi connectivity index (χ3n) is 2.80. The van der Waals surface area contributed by atoms with Gasteiger partial charge in [-0.1, -0.05) is 12.8 Å². The Hall–Kier alpha value is -0.870. The summed E-state index contributed by atoms with van der Waals surface area (Å²) in [7, 11) is 0. The Morgan fingerprint density at radius 1 is 1.29 bits per heavy atom. The molecule has 96 valence electrons. The van der Waals surface area contributed by atoms with Crippen LogP contribution in [0.25, 0.3) is 0 Å². The van der Waals surface area contributed by atoms with Gasteiger partial charge in [0.15, 0.2) is 0 Å². The van der Waals surface area contributed by atoms with E-state index in [0.29, 0.717) is 13.0 Å². The summed E-state index contributed by atoms with van der Waals surface area (Å²) in [5.41, 5.74) is 7.90. The SMILES string of the molecule is Cc1cscc1CNC(=O)CCCCCCN. The maximum Gasteiger partial charge on any atom is 0.220 e. The number of aryl methyl sites for hydroxylation is 1. The molecule has 17 heavy (non-hydrogen) atoms. The fraction of sp³-hybridized carbons (Fsp3) is 0.615. The van der Waals surface area contributed by atoms with Crippen LogP contribution >= 0.6 is 11.3 Å². The summed E-state index contributed by atoms with van der Waals surface area (Å²) in [6, 6.07) is 0. The summed E-state index contributed by atoms with van der Waals surface area (Å²) >= 11 is 1.68. The monoisotopic (exact) mass is 254 g/mol. The third-order valence-corrected chi connectivity index (χ3v) is 3.71. The maximum absolute atomic E-state index is 11.5. The molecule has 1 aromatic heterocycles. The van der Waals surface area contributed by atoms with Crippen molar-refractivity contribution in [2.45, 2.75) is 45.6 Å². The van der Waals surface area contributed by atoms with Gasteiger partial charge in [-0.15, -0.1) is 0 Å². The number of unbranched alkanes of at least 4 members (excludes halogenated alkanes) is 3. The highest BCUT2D eigenvalue weighted by molar-refractivity contribution is 7.08. The van der Waals surface area contributed by atoms with Gasteiger partial charge in [-0.05, 0) is 48.2 Å².